The number of nitrogens with one attached hydrogen (secondary N) is 2. The lowest BCUT2D eigenvalue weighted by molar-refractivity contribution is -0.136. The van der Waals surface area contributed by atoms with Crippen LogP contribution in [0.3, 0.4) is 0 Å². The number of carbonyl (C=O) groups is 2. The molecule has 3 heterocycles. The minimum Gasteiger partial charge on any atom is -0.486 e. The molecule has 3 amide bonds. The number of hydrogen-bond acceptors (Lipinski definition) is 6. The van der Waals surface area contributed by atoms with Gasteiger partial charge in [-0.2, -0.15) is 4.31 Å². The van der Waals surface area contributed by atoms with E-state index in [-0.39, 0.29) is 23.9 Å². The van der Waals surface area contributed by atoms with Gasteiger partial charge < -0.3 is 25.0 Å². The van der Waals surface area contributed by atoms with E-state index in [2.05, 4.69) is 10.6 Å². The second kappa shape index (κ2) is 9.14. The molecule has 2 N–H and O–H groups in total. The third-order valence-electron chi connectivity index (χ3n) is 6.81. The highest BCUT2D eigenvalue weighted by molar-refractivity contribution is 7.89. The Morgan fingerprint density at radius 2 is 1.56 bits per heavy atom. The predicted molar refractivity (Wildman–Crippen MR) is 131 cm³/mol. The number of nitrogens with zero attached hydrogens (tertiary/aromatic N) is 2. The quantitative estimate of drug-likeness (QED) is 0.586. The molecule has 2 aromatic carbocycles. The third-order valence-corrected chi connectivity index (χ3v) is 8.59. The fourth-order valence-corrected chi connectivity index (χ4v) is 6.26. The van der Waals surface area contributed by atoms with E-state index < -0.39 is 21.6 Å². The first-order chi connectivity index (χ1) is 17.2. The van der Waals surface area contributed by atoms with Crippen LogP contribution in [0.2, 0.25) is 0 Å². The summed E-state index contributed by atoms with van der Waals surface area (Å²) in [6.07, 6.45) is 0. The van der Waals surface area contributed by atoms with Gasteiger partial charge in [-0.15, -0.1) is 0 Å². The number of amides is 3. The molecule has 1 unspecified atom stereocenters. The molecule has 10 nitrogen and oxygen atoms in total. The van der Waals surface area contributed by atoms with Crippen molar-refractivity contribution < 1.29 is 27.5 Å². The van der Waals surface area contributed by atoms with Gasteiger partial charge in [0.2, 0.25) is 10.0 Å². The van der Waals surface area contributed by atoms with E-state index >= 15 is 0 Å². The average Bonchev–Trinajstić information content (AvgIpc) is 3.48. The van der Waals surface area contributed by atoms with Crippen LogP contribution in [-0.2, 0) is 20.4 Å². The maximum atomic E-state index is 13.7. The molecule has 36 heavy (non-hydrogen) atoms. The zero-order valence-electron chi connectivity index (χ0n) is 20.1. The fourth-order valence-electron chi connectivity index (χ4n) is 4.82. The number of carbonyl (C=O) groups excluding carboxylic acids is 2. The van der Waals surface area contributed by atoms with E-state index in [1.165, 1.54) is 23.5 Å². The van der Waals surface area contributed by atoms with Crippen LogP contribution in [0, 0.1) is 0 Å². The van der Waals surface area contributed by atoms with Crippen LogP contribution in [-0.4, -0.2) is 76.0 Å². The first kappa shape index (κ1) is 24.1. The Balaban J connectivity index is 1.31. The van der Waals surface area contributed by atoms with Gasteiger partial charge in [-0.05, 0) is 35.8 Å². The van der Waals surface area contributed by atoms with Crippen molar-refractivity contribution in [3.63, 3.8) is 0 Å². The number of urea groups is 1. The zero-order chi connectivity index (χ0) is 25.5. The van der Waals surface area contributed by atoms with Crippen molar-refractivity contribution in [2.24, 2.45) is 0 Å². The second-order valence-corrected chi connectivity index (χ2v) is 11.1. The Bertz CT molecular complexity index is 1330. The van der Waals surface area contributed by atoms with Crippen LogP contribution in [0.5, 0.6) is 11.5 Å². The van der Waals surface area contributed by atoms with E-state index in [1.807, 2.05) is 18.2 Å². The molecule has 0 saturated carbocycles. The summed E-state index contributed by atoms with van der Waals surface area (Å²) in [5.74, 6) is 0.693. The maximum Gasteiger partial charge on any atom is 0.315 e. The topological polar surface area (TPSA) is 117 Å². The fraction of sp³-hybridized carbons (Fsp3) is 0.360. The molecule has 11 heteroatoms. The van der Waals surface area contributed by atoms with Crippen molar-refractivity contribution in [2.45, 2.75) is 17.4 Å². The van der Waals surface area contributed by atoms with Gasteiger partial charge in [0.05, 0.1) is 4.90 Å². The molecule has 2 aromatic rings. The summed E-state index contributed by atoms with van der Waals surface area (Å²) >= 11 is 0. The summed E-state index contributed by atoms with van der Waals surface area (Å²) in [5, 5.41) is 5.30. The van der Waals surface area contributed by atoms with Gasteiger partial charge in [-0.3, -0.25) is 4.79 Å². The molecular weight excluding hydrogens is 484 g/mol. The number of sulfonamides is 1. The van der Waals surface area contributed by atoms with Crippen molar-refractivity contribution in [1.29, 1.82) is 0 Å². The number of fused-ring (bicyclic) bond motifs is 1. The van der Waals surface area contributed by atoms with Gasteiger partial charge >= 0.3 is 6.03 Å². The van der Waals surface area contributed by atoms with Gasteiger partial charge in [0.15, 0.2) is 11.5 Å². The van der Waals surface area contributed by atoms with Gasteiger partial charge in [0, 0.05) is 39.3 Å². The third kappa shape index (κ3) is 4.18. The average molecular weight is 513 g/mol. The zero-order valence-corrected chi connectivity index (χ0v) is 20.9. The van der Waals surface area contributed by atoms with Crippen molar-refractivity contribution in [3.05, 3.63) is 65.2 Å². The van der Waals surface area contributed by atoms with Gasteiger partial charge in [0.1, 0.15) is 18.8 Å². The molecule has 0 saturated heterocycles. The Hall–Kier alpha value is -3.57. The number of benzene rings is 2. The molecule has 0 bridgehead atoms. The standard InChI is InChI=1S/C25H28N4O6S/c1-25(27-24(31)26-2,19-6-4-3-5-7-19)23(30)28-13-17-15-29(16-18(17)14-28)36(32,33)20-8-9-21-22(12-20)35-11-10-34-21/h3-9,12H,10-11,13-16H2,1-2H3,(H2,26,27,31). The minimum absolute atomic E-state index is 0.146. The molecule has 190 valence electrons. The number of ether oxygens (including phenoxy) is 2. The molecule has 3 aliphatic rings. The lowest BCUT2D eigenvalue weighted by Crippen LogP contribution is -2.57. The number of rotatable bonds is 5. The molecule has 0 fully saturated rings. The van der Waals surface area contributed by atoms with Crippen molar-refractivity contribution in [3.8, 4) is 11.5 Å². The van der Waals surface area contributed by atoms with Gasteiger partial charge in [-0.1, -0.05) is 30.3 Å². The molecule has 0 radical (unpaired) electrons. The predicted octanol–water partition coefficient (Wildman–Crippen LogP) is 1.45. The highest BCUT2D eigenvalue weighted by Crippen LogP contribution is 2.36. The number of hydrogen-bond donors (Lipinski definition) is 2. The Kier molecular flexibility index (Phi) is 6.13. The van der Waals surface area contributed by atoms with Crippen molar-refractivity contribution in [1.82, 2.24) is 19.8 Å². The summed E-state index contributed by atoms with van der Waals surface area (Å²) in [6, 6.07) is 13.2. The maximum absolute atomic E-state index is 13.7. The van der Waals surface area contributed by atoms with E-state index in [0.717, 1.165) is 11.1 Å². The summed E-state index contributed by atoms with van der Waals surface area (Å²) in [5.41, 5.74) is 1.19. The molecule has 3 aliphatic heterocycles. The van der Waals surface area contributed by atoms with Gasteiger partial charge in [0.25, 0.3) is 5.91 Å². The Morgan fingerprint density at radius 3 is 2.19 bits per heavy atom. The van der Waals surface area contributed by atoms with E-state index in [0.29, 0.717) is 43.4 Å². The summed E-state index contributed by atoms with van der Waals surface area (Å²) in [7, 11) is -2.26. The molecule has 5 rings (SSSR count). The smallest absolute Gasteiger partial charge is 0.315 e. The van der Waals surface area contributed by atoms with Crippen LogP contribution in [0.1, 0.15) is 12.5 Å². The largest absolute Gasteiger partial charge is 0.486 e. The summed E-state index contributed by atoms with van der Waals surface area (Å²) in [6.45, 7) is 3.51. The molecule has 1 atom stereocenters. The van der Waals surface area contributed by atoms with Crippen LogP contribution in [0.25, 0.3) is 0 Å². The Morgan fingerprint density at radius 1 is 0.917 bits per heavy atom. The first-order valence-corrected chi connectivity index (χ1v) is 13.1. The van der Waals surface area contributed by atoms with Crippen molar-refractivity contribution in [2.75, 3.05) is 46.4 Å². The highest BCUT2D eigenvalue weighted by Gasteiger charge is 2.44. The van der Waals surface area contributed by atoms with Crippen molar-refractivity contribution >= 4 is 22.0 Å². The Labute approximate surface area is 209 Å². The molecule has 0 aromatic heterocycles. The summed E-state index contributed by atoms with van der Waals surface area (Å²) < 4.78 is 39.1. The lowest BCUT2D eigenvalue weighted by Gasteiger charge is -2.34. The van der Waals surface area contributed by atoms with Crippen LogP contribution >= 0.6 is 0 Å². The van der Waals surface area contributed by atoms with E-state index in [1.54, 1.807) is 30.0 Å². The normalized spacial score (nSPS) is 19.0. The lowest BCUT2D eigenvalue weighted by atomic mass is 9.90. The van der Waals surface area contributed by atoms with Crippen LogP contribution in [0.4, 0.5) is 4.79 Å². The van der Waals surface area contributed by atoms with Crippen LogP contribution in [0.15, 0.2) is 64.6 Å². The molecule has 0 aliphatic carbocycles. The van der Waals surface area contributed by atoms with E-state index in [9.17, 15) is 18.0 Å². The minimum atomic E-state index is -3.76. The second-order valence-electron chi connectivity index (χ2n) is 9.14. The molecule has 0 spiro atoms. The SMILES string of the molecule is CNC(=O)NC(C)(C(=O)N1CC2=C(C1)CN(S(=O)(=O)c1ccc3c(c1)OCCO3)C2)c1ccccc1. The monoisotopic (exact) mass is 512 g/mol. The summed E-state index contributed by atoms with van der Waals surface area (Å²) in [4.78, 5) is 27.7. The van der Waals surface area contributed by atoms with Crippen LogP contribution < -0.4 is 20.1 Å². The first-order valence-electron chi connectivity index (χ1n) is 11.7. The van der Waals surface area contributed by atoms with E-state index in [4.69, 9.17) is 9.47 Å². The van der Waals surface area contributed by atoms with Gasteiger partial charge in [-0.25, -0.2) is 13.2 Å². The molecular formula is C25H28N4O6S. The highest BCUT2D eigenvalue weighted by atomic mass is 32.2.